The van der Waals surface area contributed by atoms with Crippen molar-refractivity contribution in [1.82, 2.24) is 16.0 Å². The Bertz CT molecular complexity index is 270. The Hall–Kier alpha value is -0.530. The molecule has 1 rings (SSSR count). The van der Waals surface area contributed by atoms with Crippen LogP contribution in [0.1, 0.15) is 27.2 Å². The highest BCUT2D eigenvalue weighted by Crippen LogP contribution is 2.28. The molecule has 6 heteroatoms. The first-order valence-corrected chi connectivity index (χ1v) is 5.92. The van der Waals surface area contributed by atoms with Crippen molar-refractivity contribution >= 4 is 35.8 Å². The lowest BCUT2D eigenvalue weighted by Gasteiger charge is -2.10. The van der Waals surface area contributed by atoms with Crippen LogP contribution in [0.3, 0.4) is 0 Å². The first kappa shape index (κ1) is 16.5. The Labute approximate surface area is 120 Å². The normalized spacial score (nSPS) is 22.4. The van der Waals surface area contributed by atoms with E-state index in [1.54, 1.807) is 0 Å². The molecule has 2 unspecified atom stereocenters. The zero-order valence-electron chi connectivity index (χ0n) is 10.7. The third-order valence-electron chi connectivity index (χ3n) is 2.53. The Kier molecular flexibility index (Phi) is 8.28. The maximum atomic E-state index is 10.7. The molecule has 0 saturated heterocycles. The van der Waals surface area contributed by atoms with Crippen LogP contribution in [0, 0.1) is 5.92 Å². The second-order valence-electron chi connectivity index (χ2n) is 4.21. The highest BCUT2D eigenvalue weighted by atomic mass is 127. The predicted octanol–water partition coefficient (Wildman–Crippen LogP) is 0.704. The van der Waals surface area contributed by atoms with Crippen LogP contribution >= 0.6 is 24.0 Å². The van der Waals surface area contributed by atoms with Gasteiger partial charge in [-0.25, -0.2) is 0 Å². The van der Waals surface area contributed by atoms with Crippen LogP contribution in [-0.4, -0.2) is 37.5 Å². The molecule has 1 fully saturated rings. The smallest absolute Gasteiger partial charge is 0.216 e. The van der Waals surface area contributed by atoms with Gasteiger partial charge in [0, 0.05) is 26.1 Å². The summed E-state index contributed by atoms with van der Waals surface area (Å²) in [6.07, 6.45) is 1.22. The minimum absolute atomic E-state index is 0. The van der Waals surface area contributed by atoms with Crippen molar-refractivity contribution in [1.29, 1.82) is 0 Å². The maximum absolute atomic E-state index is 10.7. The number of nitrogens with one attached hydrogen (secondary N) is 3. The lowest BCUT2D eigenvalue weighted by atomic mass is 10.5. The Morgan fingerprint density at radius 2 is 2.06 bits per heavy atom. The van der Waals surface area contributed by atoms with Crippen LogP contribution in [0.4, 0.5) is 0 Å². The second kappa shape index (κ2) is 8.54. The number of aliphatic imine (C=N–C) groups is 1. The molecule has 0 spiro atoms. The van der Waals surface area contributed by atoms with Crippen LogP contribution in [-0.2, 0) is 4.79 Å². The molecule has 1 amide bonds. The van der Waals surface area contributed by atoms with Gasteiger partial charge < -0.3 is 16.0 Å². The van der Waals surface area contributed by atoms with E-state index in [2.05, 4.69) is 27.9 Å². The number of rotatable bonds is 5. The molecular weight excluding hydrogens is 331 g/mol. The Morgan fingerprint density at radius 1 is 1.41 bits per heavy atom. The SMILES string of the molecule is CCNC(=NCCNC(C)=O)NC1CC1C.I. The van der Waals surface area contributed by atoms with Gasteiger partial charge in [-0.3, -0.25) is 9.79 Å². The number of hydrogen-bond acceptors (Lipinski definition) is 2. The molecule has 1 aliphatic rings. The van der Waals surface area contributed by atoms with E-state index in [-0.39, 0.29) is 29.9 Å². The third-order valence-corrected chi connectivity index (χ3v) is 2.53. The van der Waals surface area contributed by atoms with Crippen molar-refractivity contribution in [3.63, 3.8) is 0 Å². The molecule has 0 aromatic carbocycles. The molecule has 0 aliphatic heterocycles. The fraction of sp³-hybridized carbons (Fsp3) is 0.818. The molecule has 100 valence electrons. The summed E-state index contributed by atoms with van der Waals surface area (Å²) in [6, 6.07) is 0.568. The van der Waals surface area contributed by atoms with Crippen molar-refractivity contribution in [2.45, 2.75) is 33.2 Å². The van der Waals surface area contributed by atoms with Gasteiger partial charge >= 0.3 is 0 Å². The summed E-state index contributed by atoms with van der Waals surface area (Å²) in [7, 11) is 0. The number of halogens is 1. The molecule has 5 nitrogen and oxygen atoms in total. The summed E-state index contributed by atoms with van der Waals surface area (Å²) in [4.78, 5) is 15.0. The first-order valence-electron chi connectivity index (χ1n) is 5.92. The number of hydrogen-bond donors (Lipinski definition) is 3. The summed E-state index contributed by atoms with van der Waals surface area (Å²) < 4.78 is 0. The van der Waals surface area contributed by atoms with Crippen LogP contribution in [0.15, 0.2) is 4.99 Å². The van der Waals surface area contributed by atoms with E-state index >= 15 is 0 Å². The molecular formula is C11H23IN4O. The van der Waals surface area contributed by atoms with Gasteiger partial charge in [-0.1, -0.05) is 6.92 Å². The monoisotopic (exact) mass is 354 g/mol. The quantitative estimate of drug-likeness (QED) is 0.295. The molecule has 17 heavy (non-hydrogen) atoms. The van der Waals surface area contributed by atoms with E-state index in [4.69, 9.17) is 0 Å². The third kappa shape index (κ3) is 7.40. The van der Waals surface area contributed by atoms with Gasteiger partial charge in [0.15, 0.2) is 5.96 Å². The highest BCUT2D eigenvalue weighted by Gasteiger charge is 2.33. The minimum Gasteiger partial charge on any atom is -0.357 e. The van der Waals surface area contributed by atoms with Gasteiger partial charge in [-0.05, 0) is 19.3 Å². The van der Waals surface area contributed by atoms with Crippen molar-refractivity contribution in [2.24, 2.45) is 10.9 Å². The van der Waals surface area contributed by atoms with Crippen LogP contribution in [0.2, 0.25) is 0 Å². The van der Waals surface area contributed by atoms with Crippen molar-refractivity contribution in [2.75, 3.05) is 19.6 Å². The number of carbonyl (C=O) groups excluding carboxylic acids is 1. The average molecular weight is 354 g/mol. The zero-order chi connectivity index (χ0) is 12.0. The summed E-state index contributed by atoms with van der Waals surface area (Å²) in [6.45, 7) is 7.83. The Morgan fingerprint density at radius 3 is 2.53 bits per heavy atom. The molecule has 1 saturated carbocycles. The van der Waals surface area contributed by atoms with Gasteiger partial charge in [0.2, 0.25) is 5.91 Å². The van der Waals surface area contributed by atoms with Crippen LogP contribution in [0.25, 0.3) is 0 Å². The number of guanidine groups is 1. The van der Waals surface area contributed by atoms with Gasteiger partial charge in [-0.2, -0.15) is 0 Å². The van der Waals surface area contributed by atoms with Crippen molar-refractivity contribution in [3.8, 4) is 0 Å². The van der Waals surface area contributed by atoms with Gasteiger partial charge in [0.25, 0.3) is 0 Å². The standard InChI is InChI=1S/C11H22N4O.HI/c1-4-12-11(15-10-7-8(10)2)14-6-5-13-9(3)16;/h8,10H,4-7H2,1-3H3,(H,13,16)(H2,12,14,15);1H. The van der Waals surface area contributed by atoms with E-state index in [9.17, 15) is 4.79 Å². The van der Waals surface area contributed by atoms with Gasteiger partial charge in [-0.15, -0.1) is 24.0 Å². The second-order valence-corrected chi connectivity index (χ2v) is 4.21. The van der Waals surface area contributed by atoms with Crippen LogP contribution < -0.4 is 16.0 Å². The van der Waals surface area contributed by atoms with Gasteiger partial charge in [0.05, 0.1) is 6.54 Å². The Balaban J connectivity index is 0.00000256. The minimum atomic E-state index is -0.0102. The van der Waals surface area contributed by atoms with E-state index in [1.165, 1.54) is 13.3 Å². The fourth-order valence-electron chi connectivity index (χ4n) is 1.42. The fourth-order valence-corrected chi connectivity index (χ4v) is 1.42. The first-order chi connectivity index (χ1) is 7.63. The lowest BCUT2D eigenvalue weighted by molar-refractivity contribution is -0.118. The summed E-state index contributed by atoms with van der Waals surface area (Å²) >= 11 is 0. The zero-order valence-corrected chi connectivity index (χ0v) is 13.1. The summed E-state index contributed by atoms with van der Waals surface area (Å²) in [5.41, 5.74) is 0. The average Bonchev–Trinajstić information content (AvgIpc) is 2.89. The number of amides is 1. The molecule has 0 aromatic rings. The number of nitrogens with zero attached hydrogens (tertiary/aromatic N) is 1. The molecule has 0 aromatic heterocycles. The molecule has 0 bridgehead atoms. The lowest BCUT2D eigenvalue weighted by Crippen LogP contribution is -2.39. The maximum Gasteiger partial charge on any atom is 0.216 e. The van der Waals surface area contributed by atoms with E-state index in [0.29, 0.717) is 19.1 Å². The van der Waals surface area contributed by atoms with E-state index in [0.717, 1.165) is 18.4 Å². The van der Waals surface area contributed by atoms with E-state index < -0.39 is 0 Å². The molecule has 3 N–H and O–H groups in total. The molecule has 1 aliphatic carbocycles. The summed E-state index contributed by atoms with van der Waals surface area (Å²) in [5.74, 6) is 1.59. The van der Waals surface area contributed by atoms with Crippen molar-refractivity contribution in [3.05, 3.63) is 0 Å². The van der Waals surface area contributed by atoms with Crippen LogP contribution in [0.5, 0.6) is 0 Å². The molecule has 2 atom stereocenters. The largest absolute Gasteiger partial charge is 0.357 e. The van der Waals surface area contributed by atoms with Gasteiger partial charge in [0.1, 0.15) is 0 Å². The topological polar surface area (TPSA) is 65.5 Å². The number of carbonyl (C=O) groups is 1. The summed E-state index contributed by atoms with van der Waals surface area (Å²) in [5, 5.41) is 9.26. The van der Waals surface area contributed by atoms with Crippen molar-refractivity contribution < 1.29 is 4.79 Å². The van der Waals surface area contributed by atoms with E-state index in [1.807, 2.05) is 6.92 Å². The molecule has 0 heterocycles. The predicted molar refractivity (Wildman–Crippen MR) is 80.8 cm³/mol. The molecule has 0 radical (unpaired) electrons. The highest BCUT2D eigenvalue weighted by molar-refractivity contribution is 14.0.